The number of carbonyl (C=O) groups excluding carboxylic acids is 1. The fourth-order valence-corrected chi connectivity index (χ4v) is 2.56. The Hall–Kier alpha value is -1.88. The molecule has 0 unspecified atom stereocenters. The molecular weight excluding hydrogens is 296 g/mol. The summed E-state index contributed by atoms with van der Waals surface area (Å²) in [7, 11) is 0. The van der Waals surface area contributed by atoms with Crippen molar-refractivity contribution >= 4 is 23.2 Å². The molecule has 1 aliphatic rings. The molecule has 5 heteroatoms. The number of nitrogens with one attached hydrogen (secondary N) is 2. The summed E-state index contributed by atoms with van der Waals surface area (Å²) in [6.45, 7) is 0.710. The van der Waals surface area contributed by atoms with Crippen molar-refractivity contribution in [3.63, 3.8) is 0 Å². The van der Waals surface area contributed by atoms with E-state index in [2.05, 4.69) is 16.7 Å². The first kappa shape index (κ1) is 16.5. The molecule has 0 saturated carbocycles. The van der Waals surface area contributed by atoms with Crippen LogP contribution in [-0.2, 0) is 4.79 Å². The van der Waals surface area contributed by atoms with Gasteiger partial charge in [-0.1, -0.05) is 29.8 Å². The molecule has 0 fully saturated rings. The van der Waals surface area contributed by atoms with Gasteiger partial charge in [-0.05, 0) is 56.5 Å². The van der Waals surface area contributed by atoms with Gasteiger partial charge in [-0.15, -0.1) is 0 Å². The fourth-order valence-electron chi connectivity index (χ4n) is 2.34. The molecule has 0 aromatic heterocycles. The normalized spacial score (nSPS) is 13.9. The third-order valence-electron chi connectivity index (χ3n) is 3.48. The summed E-state index contributed by atoms with van der Waals surface area (Å²) in [4.78, 5) is 11.7. The van der Waals surface area contributed by atoms with Crippen LogP contribution in [0, 0.1) is 0 Å². The average molecular weight is 318 g/mol. The fraction of sp³-hybridized carbons (Fsp3) is 0.412. The van der Waals surface area contributed by atoms with E-state index in [1.54, 1.807) is 0 Å². The minimum atomic E-state index is -0.252. The summed E-state index contributed by atoms with van der Waals surface area (Å²) in [5.74, 6) is 0.416. The van der Waals surface area contributed by atoms with Crippen molar-refractivity contribution in [1.29, 1.82) is 0 Å². The number of carbonyl (C=O) groups is 1. The van der Waals surface area contributed by atoms with Crippen molar-refractivity contribution in [2.24, 2.45) is 0 Å². The highest BCUT2D eigenvalue weighted by atomic mass is 32.1. The van der Waals surface area contributed by atoms with E-state index in [0.29, 0.717) is 10.9 Å². The van der Waals surface area contributed by atoms with Crippen LogP contribution in [0.2, 0.25) is 0 Å². The number of para-hydroxylation sites is 1. The predicted octanol–water partition coefficient (Wildman–Crippen LogP) is 2.95. The Morgan fingerprint density at radius 2 is 2.05 bits per heavy atom. The highest BCUT2D eigenvalue weighted by molar-refractivity contribution is 7.80. The summed E-state index contributed by atoms with van der Waals surface area (Å²) in [6.07, 6.45) is 8.26. The van der Waals surface area contributed by atoms with Crippen molar-refractivity contribution in [3.05, 3.63) is 42.0 Å². The van der Waals surface area contributed by atoms with E-state index in [1.807, 2.05) is 30.3 Å². The minimum absolute atomic E-state index is 0.0447. The molecule has 0 aliphatic heterocycles. The molecule has 1 aliphatic carbocycles. The molecule has 0 heterocycles. The Morgan fingerprint density at radius 3 is 2.77 bits per heavy atom. The Balaban J connectivity index is 1.59. The van der Waals surface area contributed by atoms with Gasteiger partial charge in [-0.3, -0.25) is 4.79 Å². The second-order valence-corrected chi connectivity index (χ2v) is 5.67. The highest BCUT2D eigenvalue weighted by Gasteiger charge is 2.07. The van der Waals surface area contributed by atoms with Crippen LogP contribution in [0.5, 0.6) is 5.75 Å². The zero-order valence-electron chi connectivity index (χ0n) is 12.6. The highest BCUT2D eigenvalue weighted by Crippen LogP contribution is 2.19. The monoisotopic (exact) mass is 318 g/mol. The van der Waals surface area contributed by atoms with Crippen LogP contribution in [0.3, 0.4) is 0 Å². The molecule has 1 amide bonds. The van der Waals surface area contributed by atoms with Crippen molar-refractivity contribution in [2.75, 3.05) is 13.2 Å². The third-order valence-corrected chi connectivity index (χ3v) is 3.73. The number of hydrogen-bond donors (Lipinski definition) is 2. The van der Waals surface area contributed by atoms with Crippen molar-refractivity contribution in [1.82, 2.24) is 10.6 Å². The molecule has 0 atom stereocenters. The molecule has 0 bridgehead atoms. The molecule has 1 aromatic rings. The van der Waals surface area contributed by atoms with Crippen LogP contribution in [0.1, 0.15) is 32.1 Å². The lowest BCUT2D eigenvalue weighted by molar-refractivity contribution is -0.121. The largest absolute Gasteiger partial charge is 0.484 e. The molecular formula is C17H22N2O2S. The van der Waals surface area contributed by atoms with Gasteiger partial charge in [0.15, 0.2) is 11.7 Å². The number of thiocarbonyl (C=S) groups is 1. The van der Waals surface area contributed by atoms with Gasteiger partial charge in [-0.2, -0.15) is 0 Å². The average Bonchev–Trinajstić information content (AvgIpc) is 2.55. The number of hydrogen-bond acceptors (Lipinski definition) is 3. The van der Waals surface area contributed by atoms with Gasteiger partial charge in [0.05, 0.1) is 0 Å². The van der Waals surface area contributed by atoms with Gasteiger partial charge >= 0.3 is 0 Å². The number of ether oxygens (including phenoxy) is 1. The molecule has 0 saturated heterocycles. The zero-order valence-corrected chi connectivity index (χ0v) is 13.5. The van der Waals surface area contributed by atoms with E-state index >= 15 is 0 Å². The number of amides is 1. The lowest BCUT2D eigenvalue weighted by Crippen LogP contribution is -2.41. The van der Waals surface area contributed by atoms with E-state index in [9.17, 15) is 4.79 Å². The lowest BCUT2D eigenvalue weighted by atomic mass is 9.97. The minimum Gasteiger partial charge on any atom is -0.484 e. The van der Waals surface area contributed by atoms with E-state index in [0.717, 1.165) is 13.0 Å². The SMILES string of the molecule is O=C(COc1ccccc1)NC(=S)NCCC1=CCCCC1. The van der Waals surface area contributed by atoms with Gasteiger partial charge in [0.25, 0.3) is 5.91 Å². The summed E-state index contributed by atoms with van der Waals surface area (Å²) in [5.41, 5.74) is 1.49. The maximum Gasteiger partial charge on any atom is 0.264 e. The van der Waals surface area contributed by atoms with E-state index in [-0.39, 0.29) is 12.5 Å². The third kappa shape index (κ3) is 6.26. The molecule has 0 radical (unpaired) electrons. The second kappa shape index (κ2) is 9.20. The van der Waals surface area contributed by atoms with Crippen molar-refractivity contribution in [2.45, 2.75) is 32.1 Å². The Labute approximate surface area is 136 Å². The van der Waals surface area contributed by atoms with E-state index < -0.39 is 0 Å². The second-order valence-electron chi connectivity index (χ2n) is 5.26. The molecule has 22 heavy (non-hydrogen) atoms. The summed E-state index contributed by atoms with van der Waals surface area (Å²) in [5, 5.41) is 6.05. The van der Waals surface area contributed by atoms with Crippen LogP contribution in [0.15, 0.2) is 42.0 Å². The topological polar surface area (TPSA) is 50.4 Å². The number of allylic oxidation sites excluding steroid dienone is 1. The smallest absolute Gasteiger partial charge is 0.264 e. The molecule has 4 nitrogen and oxygen atoms in total. The first-order chi connectivity index (χ1) is 10.7. The zero-order chi connectivity index (χ0) is 15.6. The molecule has 0 spiro atoms. The van der Waals surface area contributed by atoms with Crippen molar-refractivity contribution < 1.29 is 9.53 Å². The summed E-state index contributed by atoms with van der Waals surface area (Å²) < 4.78 is 5.36. The number of benzene rings is 1. The maximum absolute atomic E-state index is 11.7. The Kier molecular flexibility index (Phi) is 6.90. The van der Waals surface area contributed by atoms with E-state index in [4.69, 9.17) is 17.0 Å². The van der Waals surface area contributed by atoms with Crippen LogP contribution in [-0.4, -0.2) is 24.2 Å². The van der Waals surface area contributed by atoms with Crippen LogP contribution < -0.4 is 15.4 Å². The standard InChI is InChI=1S/C17H22N2O2S/c20-16(13-21-15-9-5-2-6-10-15)19-17(22)18-12-11-14-7-3-1-4-8-14/h2,5-7,9-10H,1,3-4,8,11-13H2,(H2,18,19,20,22). The molecule has 2 N–H and O–H groups in total. The number of rotatable bonds is 6. The van der Waals surface area contributed by atoms with Gasteiger partial charge in [0.1, 0.15) is 5.75 Å². The van der Waals surface area contributed by atoms with Gasteiger partial charge < -0.3 is 15.4 Å². The van der Waals surface area contributed by atoms with E-state index in [1.165, 1.54) is 31.3 Å². The van der Waals surface area contributed by atoms with Crippen LogP contribution in [0.25, 0.3) is 0 Å². The summed E-state index contributed by atoms with van der Waals surface area (Å²) >= 11 is 5.11. The van der Waals surface area contributed by atoms with Crippen LogP contribution in [0.4, 0.5) is 0 Å². The summed E-state index contributed by atoms with van der Waals surface area (Å²) in [6, 6.07) is 9.23. The Morgan fingerprint density at radius 1 is 1.23 bits per heavy atom. The van der Waals surface area contributed by atoms with Gasteiger partial charge in [0, 0.05) is 6.54 Å². The maximum atomic E-state index is 11.7. The van der Waals surface area contributed by atoms with Gasteiger partial charge in [0.2, 0.25) is 0 Å². The quantitative estimate of drug-likeness (QED) is 0.625. The predicted molar refractivity (Wildman–Crippen MR) is 91.8 cm³/mol. The lowest BCUT2D eigenvalue weighted by Gasteiger charge is -2.14. The Bertz CT molecular complexity index is 529. The first-order valence-corrected chi connectivity index (χ1v) is 8.08. The molecule has 118 valence electrons. The molecule has 2 rings (SSSR count). The first-order valence-electron chi connectivity index (χ1n) is 7.67. The van der Waals surface area contributed by atoms with Crippen molar-refractivity contribution in [3.8, 4) is 5.75 Å². The van der Waals surface area contributed by atoms with Gasteiger partial charge in [-0.25, -0.2) is 0 Å². The van der Waals surface area contributed by atoms with Crippen LogP contribution >= 0.6 is 12.2 Å². The molecule has 1 aromatic carbocycles.